The lowest BCUT2D eigenvalue weighted by molar-refractivity contribution is -0.166. The molecule has 0 aliphatic carbocycles. The zero-order valence-corrected chi connectivity index (χ0v) is 18.1. The number of aliphatic hydroxyl groups is 1. The van der Waals surface area contributed by atoms with Crippen LogP contribution in [0, 0.1) is 0 Å². The predicted molar refractivity (Wildman–Crippen MR) is 111 cm³/mol. The lowest BCUT2D eigenvalue weighted by Crippen LogP contribution is -2.37. The van der Waals surface area contributed by atoms with Gasteiger partial charge < -0.3 is 24.6 Å². The van der Waals surface area contributed by atoms with E-state index in [1.165, 1.54) is 13.5 Å². The normalized spacial score (nSPS) is 19.3. The summed E-state index contributed by atoms with van der Waals surface area (Å²) in [5.41, 5.74) is 0. The maximum absolute atomic E-state index is 11.1. The highest BCUT2D eigenvalue weighted by Gasteiger charge is 2.17. The molecule has 0 aromatic rings. The Labute approximate surface area is 171 Å². The Bertz CT molecular complexity index is 374. The summed E-state index contributed by atoms with van der Waals surface area (Å²) < 4.78 is 16.3. The van der Waals surface area contributed by atoms with E-state index in [0.717, 1.165) is 83.8 Å². The molecular weight excluding hydrogens is 358 g/mol. The first-order valence-electron chi connectivity index (χ1n) is 11.4. The van der Waals surface area contributed by atoms with Crippen molar-refractivity contribution in [3.05, 3.63) is 0 Å². The van der Waals surface area contributed by atoms with Crippen molar-refractivity contribution < 1.29 is 24.1 Å². The Hall–Kier alpha value is -0.690. The quantitative estimate of drug-likeness (QED) is 0.284. The van der Waals surface area contributed by atoms with Gasteiger partial charge in [-0.15, -0.1) is 0 Å². The molecule has 0 radical (unpaired) electrons. The average Bonchev–Trinajstić information content (AvgIpc) is 2.72. The number of hydrogen-bond acceptors (Lipinski definition) is 6. The van der Waals surface area contributed by atoms with E-state index in [0.29, 0.717) is 13.0 Å². The number of carbonyl (C=O) groups is 1. The predicted octanol–water partition coefficient (Wildman–Crippen LogP) is 3.94. The van der Waals surface area contributed by atoms with Crippen LogP contribution in [0.15, 0.2) is 0 Å². The maximum Gasteiger partial charge on any atom is 0.305 e. The number of nitrogens with one attached hydrogen (secondary N) is 1. The molecule has 0 amide bonds. The van der Waals surface area contributed by atoms with Crippen molar-refractivity contribution in [2.45, 2.75) is 109 Å². The Kier molecular flexibility index (Phi) is 15.6. The number of rotatable bonds is 17. The van der Waals surface area contributed by atoms with E-state index >= 15 is 0 Å². The molecule has 0 aromatic carbocycles. The number of hydrogen-bond donors (Lipinski definition) is 2. The number of ether oxygens (including phenoxy) is 3. The fraction of sp³-hybridized carbons (Fsp3) is 0.955. The molecule has 2 N–H and O–H groups in total. The van der Waals surface area contributed by atoms with Crippen LogP contribution in [0.1, 0.15) is 90.4 Å². The standard InChI is InChI=1S/C22H43NO5/c1-3-4-12-20(24)15-16-23-19(18-28-22-14-9-10-17-27-22)11-7-5-6-8-13-21(25)26-2/h19-20,22-24H,3-18H2,1-2H3. The molecule has 1 aliphatic heterocycles. The monoisotopic (exact) mass is 401 g/mol. The maximum atomic E-state index is 11.1. The largest absolute Gasteiger partial charge is 0.469 e. The van der Waals surface area contributed by atoms with Gasteiger partial charge in [0.05, 0.1) is 19.8 Å². The Morgan fingerprint density at radius 3 is 2.68 bits per heavy atom. The van der Waals surface area contributed by atoms with Crippen molar-refractivity contribution in [2.75, 3.05) is 26.9 Å². The van der Waals surface area contributed by atoms with Crippen molar-refractivity contribution in [2.24, 2.45) is 0 Å². The highest BCUT2D eigenvalue weighted by atomic mass is 16.7. The van der Waals surface area contributed by atoms with E-state index < -0.39 is 0 Å². The summed E-state index contributed by atoms with van der Waals surface area (Å²) in [4.78, 5) is 11.1. The van der Waals surface area contributed by atoms with Gasteiger partial charge in [-0.2, -0.15) is 0 Å². The Morgan fingerprint density at radius 1 is 1.14 bits per heavy atom. The first-order chi connectivity index (χ1) is 13.7. The Morgan fingerprint density at radius 2 is 1.96 bits per heavy atom. The molecule has 6 nitrogen and oxygen atoms in total. The smallest absolute Gasteiger partial charge is 0.305 e. The van der Waals surface area contributed by atoms with Crippen LogP contribution < -0.4 is 5.32 Å². The summed E-state index contributed by atoms with van der Waals surface area (Å²) in [7, 11) is 1.44. The van der Waals surface area contributed by atoms with Crippen LogP contribution in [-0.4, -0.2) is 56.4 Å². The van der Waals surface area contributed by atoms with Crippen molar-refractivity contribution in [3.63, 3.8) is 0 Å². The van der Waals surface area contributed by atoms with Crippen LogP contribution >= 0.6 is 0 Å². The topological polar surface area (TPSA) is 77.0 Å². The lowest BCUT2D eigenvalue weighted by atomic mass is 10.1. The first-order valence-corrected chi connectivity index (χ1v) is 11.4. The zero-order valence-electron chi connectivity index (χ0n) is 18.1. The van der Waals surface area contributed by atoms with Crippen LogP contribution in [0.2, 0.25) is 0 Å². The molecule has 3 atom stereocenters. The molecule has 0 bridgehead atoms. The Balaban J connectivity index is 2.23. The zero-order chi connectivity index (χ0) is 20.5. The second kappa shape index (κ2) is 17.2. The number of aliphatic hydroxyl groups excluding tert-OH is 1. The van der Waals surface area contributed by atoms with Crippen LogP contribution in [-0.2, 0) is 19.0 Å². The van der Waals surface area contributed by atoms with Gasteiger partial charge >= 0.3 is 5.97 Å². The van der Waals surface area contributed by atoms with Crippen LogP contribution in [0.25, 0.3) is 0 Å². The van der Waals surface area contributed by atoms with Crippen LogP contribution in [0.3, 0.4) is 0 Å². The highest BCUT2D eigenvalue weighted by molar-refractivity contribution is 5.68. The molecule has 1 rings (SSSR count). The minimum Gasteiger partial charge on any atom is -0.469 e. The third-order valence-electron chi connectivity index (χ3n) is 5.33. The van der Waals surface area contributed by atoms with E-state index in [9.17, 15) is 9.90 Å². The molecular formula is C22H43NO5. The molecule has 28 heavy (non-hydrogen) atoms. The van der Waals surface area contributed by atoms with Gasteiger partial charge in [0.25, 0.3) is 0 Å². The van der Waals surface area contributed by atoms with Gasteiger partial charge in [-0.1, -0.05) is 39.0 Å². The van der Waals surface area contributed by atoms with Crippen molar-refractivity contribution in [1.82, 2.24) is 5.32 Å². The summed E-state index contributed by atoms with van der Waals surface area (Å²) in [5.74, 6) is -0.123. The fourth-order valence-corrected chi connectivity index (χ4v) is 3.46. The molecule has 1 fully saturated rings. The second-order valence-electron chi connectivity index (χ2n) is 7.89. The van der Waals surface area contributed by atoms with E-state index in [-0.39, 0.29) is 24.4 Å². The van der Waals surface area contributed by atoms with Gasteiger partial charge in [0, 0.05) is 19.1 Å². The lowest BCUT2D eigenvalue weighted by Gasteiger charge is -2.26. The molecule has 1 heterocycles. The second-order valence-corrected chi connectivity index (χ2v) is 7.89. The molecule has 1 saturated heterocycles. The summed E-state index contributed by atoms with van der Waals surface area (Å²) in [5, 5.41) is 13.6. The van der Waals surface area contributed by atoms with E-state index in [4.69, 9.17) is 9.47 Å². The first kappa shape index (κ1) is 25.3. The van der Waals surface area contributed by atoms with Crippen molar-refractivity contribution in [3.8, 4) is 0 Å². The molecule has 1 aliphatic rings. The van der Waals surface area contributed by atoms with Gasteiger partial charge in [-0.05, 0) is 51.5 Å². The van der Waals surface area contributed by atoms with E-state index in [2.05, 4.69) is 17.0 Å². The SMILES string of the molecule is CCCCC(O)CCNC(CCCCCCC(=O)OC)COC1CCCCO1. The van der Waals surface area contributed by atoms with Gasteiger partial charge in [-0.25, -0.2) is 0 Å². The number of methoxy groups -OCH3 is 1. The summed E-state index contributed by atoms with van der Waals surface area (Å²) in [6.07, 6.45) is 12.6. The van der Waals surface area contributed by atoms with Crippen LogP contribution in [0.4, 0.5) is 0 Å². The number of unbranched alkanes of at least 4 members (excludes halogenated alkanes) is 4. The summed E-state index contributed by atoms with van der Waals surface area (Å²) >= 11 is 0. The molecule has 166 valence electrons. The van der Waals surface area contributed by atoms with Gasteiger partial charge in [0.2, 0.25) is 0 Å². The van der Waals surface area contributed by atoms with E-state index in [1.807, 2.05) is 0 Å². The number of esters is 1. The van der Waals surface area contributed by atoms with Gasteiger partial charge in [0.15, 0.2) is 6.29 Å². The molecule has 0 aromatic heterocycles. The van der Waals surface area contributed by atoms with E-state index in [1.54, 1.807) is 0 Å². The van der Waals surface area contributed by atoms with Crippen molar-refractivity contribution in [1.29, 1.82) is 0 Å². The third-order valence-corrected chi connectivity index (χ3v) is 5.33. The minimum absolute atomic E-state index is 0.0618. The molecule has 0 spiro atoms. The molecule has 3 unspecified atom stereocenters. The summed E-state index contributed by atoms with van der Waals surface area (Å²) in [6, 6.07) is 0.282. The third kappa shape index (κ3) is 13.5. The fourth-order valence-electron chi connectivity index (χ4n) is 3.46. The number of carbonyl (C=O) groups excluding carboxylic acids is 1. The summed E-state index contributed by atoms with van der Waals surface area (Å²) in [6.45, 7) is 4.41. The van der Waals surface area contributed by atoms with Gasteiger partial charge in [0.1, 0.15) is 0 Å². The van der Waals surface area contributed by atoms with Crippen molar-refractivity contribution >= 4 is 5.97 Å². The highest BCUT2D eigenvalue weighted by Crippen LogP contribution is 2.15. The van der Waals surface area contributed by atoms with Crippen LogP contribution in [0.5, 0.6) is 0 Å². The average molecular weight is 402 g/mol. The molecule has 0 saturated carbocycles. The minimum atomic E-state index is -0.214. The van der Waals surface area contributed by atoms with Gasteiger partial charge in [-0.3, -0.25) is 4.79 Å². The molecule has 6 heteroatoms.